The molecule has 0 aromatic carbocycles. The average Bonchev–Trinajstić information content (AvgIpc) is 2.22. The van der Waals surface area contributed by atoms with Gasteiger partial charge in [-0.15, -0.1) is 0 Å². The van der Waals surface area contributed by atoms with Crippen LogP contribution in [0.5, 0.6) is 0 Å². The van der Waals surface area contributed by atoms with E-state index in [4.69, 9.17) is 5.26 Å². The number of hydrogen-bond acceptors (Lipinski definition) is 3. The lowest BCUT2D eigenvalue weighted by Crippen LogP contribution is -2.36. The first-order chi connectivity index (χ1) is 6.97. The Morgan fingerprint density at radius 1 is 1.40 bits per heavy atom. The Bertz CT molecular complexity index is 306. The number of rotatable bonds is 7. The van der Waals surface area contributed by atoms with Crippen LogP contribution in [0.3, 0.4) is 0 Å². The lowest BCUT2D eigenvalue weighted by atomic mass is 10.2. The van der Waals surface area contributed by atoms with E-state index in [1.807, 2.05) is 6.92 Å². The standard InChI is InChI=1S/C10H20N2O2S/c1-4-6-7-15(13,14)12(5-2)9-10(3)8-11/h10H,4-7,9H2,1-3H3. The van der Waals surface area contributed by atoms with Crippen LogP contribution in [0.1, 0.15) is 33.6 Å². The van der Waals surface area contributed by atoms with Gasteiger partial charge in [0.2, 0.25) is 10.0 Å². The molecule has 15 heavy (non-hydrogen) atoms. The van der Waals surface area contributed by atoms with Crippen LogP contribution in [-0.2, 0) is 10.0 Å². The minimum Gasteiger partial charge on any atom is -0.212 e. The molecule has 0 aliphatic carbocycles. The Morgan fingerprint density at radius 2 is 2.00 bits per heavy atom. The van der Waals surface area contributed by atoms with Gasteiger partial charge in [-0.2, -0.15) is 5.26 Å². The first-order valence-corrected chi connectivity index (χ1v) is 6.96. The fourth-order valence-corrected chi connectivity index (χ4v) is 3.00. The summed E-state index contributed by atoms with van der Waals surface area (Å²) < 4.78 is 25.0. The predicted molar refractivity (Wildman–Crippen MR) is 60.7 cm³/mol. The molecule has 0 rings (SSSR count). The van der Waals surface area contributed by atoms with Gasteiger partial charge in [-0.1, -0.05) is 20.3 Å². The molecule has 0 aromatic heterocycles. The molecule has 0 spiro atoms. The normalized spacial score (nSPS) is 13.8. The molecule has 0 aromatic rings. The summed E-state index contributed by atoms with van der Waals surface area (Å²) >= 11 is 0. The van der Waals surface area contributed by atoms with Gasteiger partial charge in [0.15, 0.2) is 0 Å². The first-order valence-electron chi connectivity index (χ1n) is 5.35. The zero-order valence-electron chi connectivity index (χ0n) is 9.73. The Balaban J connectivity index is 4.46. The summed E-state index contributed by atoms with van der Waals surface area (Å²) in [6, 6.07) is 2.05. The summed E-state index contributed by atoms with van der Waals surface area (Å²) in [6.45, 7) is 6.24. The molecule has 1 unspecified atom stereocenters. The van der Waals surface area contributed by atoms with E-state index in [1.54, 1.807) is 13.8 Å². The smallest absolute Gasteiger partial charge is 0.212 e. The molecule has 0 amide bonds. The number of unbranched alkanes of at least 4 members (excludes halogenated alkanes) is 1. The van der Waals surface area contributed by atoms with Crippen LogP contribution in [0.4, 0.5) is 0 Å². The molecule has 0 fully saturated rings. The molecule has 1 atom stereocenters. The molecule has 88 valence electrons. The average molecular weight is 232 g/mol. The highest BCUT2D eigenvalue weighted by molar-refractivity contribution is 7.89. The lowest BCUT2D eigenvalue weighted by molar-refractivity contribution is 0.399. The summed E-state index contributed by atoms with van der Waals surface area (Å²) in [5.74, 6) is -0.0588. The summed E-state index contributed by atoms with van der Waals surface area (Å²) in [6.07, 6.45) is 1.55. The van der Waals surface area contributed by atoms with Gasteiger partial charge < -0.3 is 0 Å². The second-order valence-electron chi connectivity index (χ2n) is 3.65. The van der Waals surface area contributed by atoms with E-state index in [2.05, 4.69) is 6.07 Å². The van der Waals surface area contributed by atoms with Crippen LogP contribution in [-0.4, -0.2) is 31.6 Å². The van der Waals surface area contributed by atoms with Crippen molar-refractivity contribution in [2.75, 3.05) is 18.8 Å². The molecular formula is C10H20N2O2S. The highest BCUT2D eigenvalue weighted by Gasteiger charge is 2.21. The maximum atomic E-state index is 11.8. The molecule has 0 saturated heterocycles. The van der Waals surface area contributed by atoms with E-state index in [0.29, 0.717) is 19.5 Å². The third-order valence-corrected chi connectivity index (χ3v) is 4.20. The molecule has 0 N–H and O–H groups in total. The van der Waals surface area contributed by atoms with E-state index >= 15 is 0 Å². The van der Waals surface area contributed by atoms with Crippen LogP contribution in [0.2, 0.25) is 0 Å². The minimum absolute atomic E-state index is 0.190. The maximum Gasteiger partial charge on any atom is 0.214 e. The number of sulfonamides is 1. The SMILES string of the molecule is CCCCS(=O)(=O)N(CC)CC(C)C#N. The van der Waals surface area contributed by atoms with Gasteiger partial charge in [0.05, 0.1) is 17.7 Å². The fourth-order valence-electron chi connectivity index (χ4n) is 1.24. The molecule has 0 bridgehead atoms. The van der Waals surface area contributed by atoms with Crippen LogP contribution in [0.15, 0.2) is 0 Å². The van der Waals surface area contributed by atoms with Crippen molar-refractivity contribution in [2.45, 2.75) is 33.6 Å². The molecule has 0 aliphatic heterocycles. The van der Waals surface area contributed by atoms with Crippen molar-refractivity contribution in [1.82, 2.24) is 4.31 Å². The summed E-state index contributed by atoms with van der Waals surface area (Å²) in [5.41, 5.74) is 0. The van der Waals surface area contributed by atoms with Crippen molar-refractivity contribution in [3.8, 4) is 6.07 Å². The van der Waals surface area contributed by atoms with Crippen LogP contribution < -0.4 is 0 Å². The van der Waals surface area contributed by atoms with Gasteiger partial charge in [-0.3, -0.25) is 0 Å². The largest absolute Gasteiger partial charge is 0.214 e. The van der Waals surface area contributed by atoms with E-state index in [1.165, 1.54) is 4.31 Å². The fraction of sp³-hybridized carbons (Fsp3) is 0.900. The van der Waals surface area contributed by atoms with Crippen molar-refractivity contribution in [3.63, 3.8) is 0 Å². The van der Waals surface area contributed by atoms with Crippen LogP contribution in [0, 0.1) is 17.2 Å². The second-order valence-corrected chi connectivity index (χ2v) is 5.74. The van der Waals surface area contributed by atoms with Crippen molar-refractivity contribution >= 4 is 10.0 Å². The molecule has 0 radical (unpaired) electrons. The second kappa shape index (κ2) is 6.81. The predicted octanol–water partition coefficient (Wildman–Crippen LogP) is 1.60. The molecule has 0 saturated carbocycles. The topological polar surface area (TPSA) is 61.2 Å². The van der Waals surface area contributed by atoms with Gasteiger partial charge in [0.1, 0.15) is 0 Å². The molecule has 0 aliphatic rings. The quantitative estimate of drug-likeness (QED) is 0.669. The lowest BCUT2D eigenvalue weighted by Gasteiger charge is -2.21. The molecular weight excluding hydrogens is 212 g/mol. The van der Waals surface area contributed by atoms with Gasteiger partial charge in [0.25, 0.3) is 0 Å². The van der Waals surface area contributed by atoms with Crippen LogP contribution in [0.25, 0.3) is 0 Å². The monoisotopic (exact) mass is 232 g/mol. The van der Waals surface area contributed by atoms with Crippen molar-refractivity contribution in [3.05, 3.63) is 0 Å². The molecule has 4 nitrogen and oxygen atoms in total. The van der Waals surface area contributed by atoms with E-state index in [-0.39, 0.29) is 11.7 Å². The van der Waals surface area contributed by atoms with E-state index in [9.17, 15) is 8.42 Å². The highest BCUT2D eigenvalue weighted by atomic mass is 32.2. The van der Waals surface area contributed by atoms with Crippen molar-refractivity contribution in [2.24, 2.45) is 5.92 Å². The Labute approximate surface area is 92.9 Å². The molecule has 5 heteroatoms. The first kappa shape index (κ1) is 14.4. The van der Waals surface area contributed by atoms with Crippen molar-refractivity contribution < 1.29 is 8.42 Å². The molecule has 0 heterocycles. The summed E-state index contributed by atoms with van der Waals surface area (Å²) in [4.78, 5) is 0. The van der Waals surface area contributed by atoms with Crippen LogP contribution >= 0.6 is 0 Å². The van der Waals surface area contributed by atoms with Gasteiger partial charge in [-0.05, 0) is 13.3 Å². The third-order valence-electron chi connectivity index (χ3n) is 2.20. The van der Waals surface area contributed by atoms with Crippen molar-refractivity contribution in [1.29, 1.82) is 5.26 Å². The third kappa shape index (κ3) is 5.14. The van der Waals surface area contributed by atoms with E-state index < -0.39 is 10.0 Å². The van der Waals surface area contributed by atoms with Gasteiger partial charge in [0, 0.05) is 13.1 Å². The highest BCUT2D eigenvalue weighted by Crippen LogP contribution is 2.08. The van der Waals surface area contributed by atoms with Gasteiger partial charge in [-0.25, -0.2) is 12.7 Å². The minimum atomic E-state index is -3.16. The number of nitrogens with zero attached hydrogens (tertiary/aromatic N) is 2. The number of hydrogen-bond donors (Lipinski definition) is 0. The zero-order chi connectivity index (χ0) is 11.9. The Hall–Kier alpha value is -0.600. The summed E-state index contributed by atoms with van der Waals surface area (Å²) in [7, 11) is -3.16. The van der Waals surface area contributed by atoms with Gasteiger partial charge >= 0.3 is 0 Å². The summed E-state index contributed by atoms with van der Waals surface area (Å²) in [5, 5.41) is 8.65. The zero-order valence-corrected chi connectivity index (χ0v) is 10.5. The Kier molecular flexibility index (Phi) is 6.53. The van der Waals surface area contributed by atoms with E-state index in [0.717, 1.165) is 6.42 Å². The maximum absolute atomic E-state index is 11.8. The Morgan fingerprint density at radius 3 is 2.40 bits per heavy atom. The number of nitriles is 1.